The van der Waals surface area contributed by atoms with Gasteiger partial charge in [-0.15, -0.1) is 0 Å². The molecule has 0 unspecified atom stereocenters. The second-order valence-electron chi connectivity index (χ2n) is 5.97. The number of hydrogen-bond donors (Lipinski definition) is 2. The van der Waals surface area contributed by atoms with Gasteiger partial charge in [0.25, 0.3) is 0 Å². The Morgan fingerprint density at radius 3 is 2.60 bits per heavy atom. The van der Waals surface area contributed by atoms with E-state index in [1.165, 1.54) is 0 Å². The minimum Gasteiger partial charge on any atom is -0.471 e. The van der Waals surface area contributed by atoms with Crippen molar-refractivity contribution in [2.45, 2.75) is 33.8 Å². The van der Waals surface area contributed by atoms with Gasteiger partial charge >= 0.3 is 5.97 Å². The van der Waals surface area contributed by atoms with Crippen LogP contribution in [-0.4, -0.2) is 27.5 Å². The molecule has 0 saturated carbocycles. The average Bonchev–Trinajstić information content (AvgIpc) is 2.59. The van der Waals surface area contributed by atoms with Gasteiger partial charge < -0.3 is 14.7 Å². The predicted molar refractivity (Wildman–Crippen MR) is 90.5 cm³/mol. The Bertz CT molecular complexity index is 785. The van der Waals surface area contributed by atoms with E-state index < -0.39 is 11.5 Å². The molecule has 2 aromatic rings. The molecule has 1 aromatic carbocycles. The van der Waals surface area contributed by atoms with Gasteiger partial charge in [0.1, 0.15) is 12.3 Å². The molecule has 2 N–H and O–H groups in total. The summed E-state index contributed by atoms with van der Waals surface area (Å²) in [6, 6.07) is 9.50. The molecular formula is C18H23N3O4. The third kappa shape index (κ3) is 4.59. The fourth-order valence-electron chi connectivity index (χ4n) is 2.29. The van der Waals surface area contributed by atoms with Crippen LogP contribution < -0.4 is 10.2 Å². The smallest absolute Gasteiger partial charge is 0.361 e. The topological polar surface area (TPSA) is 97.4 Å². The summed E-state index contributed by atoms with van der Waals surface area (Å²) in [5, 5.41) is 18.3. The number of rotatable bonds is 7. The van der Waals surface area contributed by atoms with Gasteiger partial charge in [-0.05, 0) is 24.8 Å². The fraction of sp³-hybridized carbons (Fsp3) is 0.389. The number of benzene rings is 1. The normalized spacial score (nSPS) is 10.7. The number of hydrogen-bond acceptors (Lipinski definition) is 6. The molecule has 0 aliphatic heterocycles. The highest BCUT2D eigenvalue weighted by Gasteiger charge is 2.21. The minimum atomic E-state index is -0.768. The molecule has 7 heteroatoms. The quantitative estimate of drug-likeness (QED) is 0.594. The van der Waals surface area contributed by atoms with Crippen molar-refractivity contribution in [1.29, 1.82) is 5.41 Å². The van der Waals surface area contributed by atoms with Crippen LogP contribution in [0.15, 0.2) is 30.3 Å². The third-order valence-corrected chi connectivity index (χ3v) is 3.44. The largest absolute Gasteiger partial charge is 0.471 e. The Kier molecular flexibility index (Phi) is 6.16. The number of ether oxygens (including phenoxy) is 2. The summed E-state index contributed by atoms with van der Waals surface area (Å²) >= 11 is 0. The van der Waals surface area contributed by atoms with E-state index in [4.69, 9.17) is 14.9 Å². The van der Waals surface area contributed by atoms with Crippen molar-refractivity contribution in [3.8, 4) is 5.88 Å². The van der Waals surface area contributed by atoms with Gasteiger partial charge in [0.05, 0.1) is 6.61 Å². The van der Waals surface area contributed by atoms with E-state index in [1.807, 2.05) is 44.2 Å². The fourth-order valence-corrected chi connectivity index (χ4v) is 2.29. The van der Waals surface area contributed by atoms with Crippen LogP contribution in [0, 0.1) is 11.3 Å². The first-order valence-electron chi connectivity index (χ1n) is 8.17. The molecule has 0 radical (unpaired) electrons. The maximum absolute atomic E-state index is 12.0. The third-order valence-electron chi connectivity index (χ3n) is 3.44. The summed E-state index contributed by atoms with van der Waals surface area (Å²) in [5.74, 6) is -0.442. The molecular weight excluding hydrogens is 322 g/mol. The highest BCUT2D eigenvalue weighted by molar-refractivity contribution is 5.86. The standard InChI is InChI=1S/C18H23N3O4/c1-4-24-18(22)15-16(19)21(23)14(10-12(2)3)17(20-15)25-11-13-8-6-5-7-9-13/h5-9,12,19,23H,4,10-11H2,1-3H3. The predicted octanol–water partition coefficient (Wildman–Crippen LogP) is 2.55. The average molecular weight is 345 g/mol. The molecule has 0 aliphatic rings. The van der Waals surface area contributed by atoms with Gasteiger partial charge in [0, 0.05) is 0 Å². The van der Waals surface area contributed by atoms with E-state index in [0.717, 1.165) is 5.56 Å². The van der Waals surface area contributed by atoms with Gasteiger partial charge in [-0.1, -0.05) is 44.2 Å². The maximum atomic E-state index is 12.0. The molecule has 0 spiro atoms. The van der Waals surface area contributed by atoms with E-state index in [1.54, 1.807) is 6.92 Å². The molecule has 2 rings (SSSR count). The molecule has 7 nitrogen and oxygen atoms in total. The summed E-state index contributed by atoms with van der Waals surface area (Å²) in [5.41, 5.74) is 0.585. The Morgan fingerprint density at radius 1 is 1.32 bits per heavy atom. The van der Waals surface area contributed by atoms with Gasteiger partial charge in [0.2, 0.25) is 5.88 Å². The van der Waals surface area contributed by atoms with Crippen LogP contribution in [0.25, 0.3) is 0 Å². The van der Waals surface area contributed by atoms with Crippen molar-refractivity contribution in [2.75, 3.05) is 6.61 Å². The first-order valence-corrected chi connectivity index (χ1v) is 8.17. The van der Waals surface area contributed by atoms with Crippen LogP contribution in [0.5, 0.6) is 5.88 Å². The van der Waals surface area contributed by atoms with Gasteiger partial charge in [-0.3, -0.25) is 5.41 Å². The zero-order valence-corrected chi connectivity index (χ0v) is 14.7. The van der Waals surface area contributed by atoms with Crippen molar-refractivity contribution >= 4 is 5.97 Å². The van der Waals surface area contributed by atoms with Gasteiger partial charge in [0.15, 0.2) is 11.2 Å². The molecule has 0 atom stereocenters. The molecule has 0 aliphatic carbocycles. The monoisotopic (exact) mass is 345 g/mol. The second kappa shape index (κ2) is 8.32. The summed E-state index contributed by atoms with van der Waals surface area (Å²) < 4.78 is 11.3. The molecule has 0 amide bonds. The number of nitrogens with zero attached hydrogens (tertiary/aromatic N) is 2. The van der Waals surface area contributed by atoms with Crippen LogP contribution in [-0.2, 0) is 17.8 Å². The first-order chi connectivity index (χ1) is 11.9. The Labute approximate surface area is 146 Å². The van der Waals surface area contributed by atoms with Crippen LogP contribution in [0.3, 0.4) is 0 Å². The zero-order chi connectivity index (χ0) is 18.4. The Morgan fingerprint density at radius 2 is 2.00 bits per heavy atom. The number of aromatic nitrogens is 2. The van der Waals surface area contributed by atoms with Crippen molar-refractivity contribution < 1.29 is 19.5 Å². The number of nitrogens with one attached hydrogen (secondary N) is 1. The molecule has 0 bridgehead atoms. The zero-order valence-electron chi connectivity index (χ0n) is 14.7. The summed E-state index contributed by atoms with van der Waals surface area (Å²) in [6.07, 6.45) is 0.447. The van der Waals surface area contributed by atoms with E-state index in [9.17, 15) is 10.0 Å². The van der Waals surface area contributed by atoms with Crippen molar-refractivity contribution in [1.82, 2.24) is 9.71 Å². The van der Waals surface area contributed by atoms with Gasteiger partial charge in [-0.2, -0.15) is 4.73 Å². The van der Waals surface area contributed by atoms with Crippen LogP contribution in [0.1, 0.15) is 42.5 Å². The lowest BCUT2D eigenvalue weighted by Gasteiger charge is -2.16. The van der Waals surface area contributed by atoms with E-state index >= 15 is 0 Å². The van der Waals surface area contributed by atoms with E-state index in [0.29, 0.717) is 16.8 Å². The van der Waals surface area contributed by atoms with Crippen LogP contribution >= 0.6 is 0 Å². The minimum absolute atomic E-state index is 0.124. The maximum Gasteiger partial charge on any atom is 0.361 e. The molecule has 134 valence electrons. The lowest BCUT2D eigenvalue weighted by Crippen LogP contribution is -2.31. The van der Waals surface area contributed by atoms with Crippen molar-refractivity contribution in [2.24, 2.45) is 5.92 Å². The molecule has 0 fully saturated rings. The van der Waals surface area contributed by atoms with Crippen LogP contribution in [0.2, 0.25) is 0 Å². The van der Waals surface area contributed by atoms with Crippen LogP contribution in [0.4, 0.5) is 0 Å². The van der Waals surface area contributed by atoms with E-state index in [2.05, 4.69) is 4.98 Å². The Balaban J connectivity index is 2.42. The first kappa shape index (κ1) is 18.5. The van der Waals surface area contributed by atoms with Gasteiger partial charge in [-0.25, -0.2) is 9.78 Å². The van der Waals surface area contributed by atoms with Crippen molar-refractivity contribution in [3.05, 3.63) is 52.8 Å². The second-order valence-corrected chi connectivity index (χ2v) is 5.97. The van der Waals surface area contributed by atoms with E-state index in [-0.39, 0.29) is 30.7 Å². The highest BCUT2D eigenvalue weighted by Crippen LogP contribution is 2.19. The summed E-state index contributed by atoms with van der Waals surface area (Å²) in [4.78, 5) is 16.1. The van der Waals surface area contributed by atoms with Crippen molar-refractivity contribution in [3.63, 3.8) is 0 Å². The number of carbonyl (C=O) groups is 1. The molecule has 25 heavy (non-hydrogen) atoms. The number of carbonyl (C=O) groups excluding carboxylic acids is 1. The molecule has 0 saturated heterocycles. The summed E-state index contributed by atoms with van der Waals surface area (Å²) in [7, 11) is 0. The SMILES string of the molecule is CCOC(=O)c1nc(OCc2ccccc2)c(CC(C)C)n(O)c1=N. The number of esters is 1. The molecule has 1 aromatic heterocycles. The molecule has 1 heterocycles. The lowest BCUT2D eigenvalue weighted by atomic mass is 10.1. The summed E-state index contributed by atoms with van der Waals surface area (Å²) in [6.45, 7) is 6.00. The Hall–Kier alpha value is -2.83. The lowest BCUT2D eigenvalue weighted by molar-refractivity contribution is 0.0503. The highest BCUT2D eigenvalue weighted by atomic mass is 16.5.